The number of rotatable bonds is 6. The molecule has 1 heterocycles. The van der Waals surface area contributed by atoms with E-state index in [9.17, 15) is 14.4 Å². The lowest BCUT2D eigenvalue weighted by Gasteiger charge is -2.35. The lowest BCUT2D eigenvalue weighted by molar-refractivity contribution is -0.130. The number of aromatic amines is 1. The lowest BCUT2D eigenvalue weighted by atomic mass is 9.78. The van der Waals surface area contributed by atoms with Crippen LogP contribution in [0.25, 0.3) is 0 Å². The molecule has 156 valence electrons. The third kappa shape index (κ3) is 4.75. The van der Waals surface area contributed by atoms with Gasteiger partial charge in [-0.15, -0.1) is 0 Å². The van der Waals surface area contributed by atoms with Crippen LogP contribution in [0.3, 0.4) is 0 Å². The molecule has 2 N–H and O–H groups in total. The summed E-state index contributed by atoms with van der Waals surface area (Å²) < 4.78 is 10.4. The van der Waals surface area contributed by atoms with Crippen LogP contribution >= 0.6 is 0 Å². The van der Waals surface area contributed by atoms with Gasteiger partial charge in [-0.1, -0.05) is 26.7 Å². The first kappa shape index (κ1) is 22.0. The summed E-state index contributed by atoms with van der Waals surface area (Å²) in [5, 5.41) is 3.03. The minimum absolute atomic E-state index is 0.101. The van der Waals surface area contributed by atoms with Gasteiger partial charge in [0.2, 0.25) is 0 Å². The van der Waals surface area contributed by atoms with Crippen LogP contribution in [0.1, 0.15) is 79.1 Å². The van der Waals surface area contributed by atoms with Gasteiger partial charge in [0.25, 0.3) is 5.91 Å². The molecule has 1 aromatic rings. The van der Waals surface area contributed by atoms with Crippen LogP contribution in [-0.2, 0) is 14.3 Å². The third-order valence-corrected chi connectivity index (χ3v) is 5.81. The molecule has 0 aromatic carbocycles. The molecule has 1 saturated carbocycles. The standard InChI is InChI=1S/C21H32N2O5/c1-7-27-21(26)18-13(4)17(14(5)22-18)20(25)28-15(6)19(24)23-16-10-8-9-11(2)12(16)3/h11-12,15-16,22H,7-10H2,1-6H3,(H,23,24)/t11-,12-,15-,16+/m0/s1. The largest absolute Gasteiger partial charge is 0.461 e. The molecule has 0 radical (unpaired) electrons. The third-order valence-electron chi connectivity index (χ3n) is 5.81. The first-order chi connectivity index (χ1) is 13.2. The van der Waals surface area contributed by atoms with Crippen molar-refractivity contribution in [3.63, 3.8) is 0 Å². The number of carbonyl (C=O) groups is 3. The zero-order chi connectivity index (χ0) is 21.0. The Kier molecular flexibility index (Phi) is 7.27. The Labute approximate surface area is 166 Å². The molecule has 2 rings (SSSR count). The van der Waals surface area contributed by atoms with Gasteiger partial charge in [0.05, 0.1) is 12.2 Å². The molecule has 7 heteroatoms. The second-order valence-corrected chi connectivity index (χ2v) is 7.78. The maximum absolute atomic E-state index is 12.6. The molecule has 7 nitrogen and oxygen atoms in total. The number of H-pyrrole nitrogens is 1. The van der Waals surface area contributed by atoms with E-state index in [0.717, 1.165) is 12.8 Å². The van der Waals surface area contributed by atoms with Crippen molar-refractivity contribution in [2.24, 2.45) is 11.8 Å². The van der Waals surface area contributed by atoms with E-state index in [2.05, 4.69) is 24.1 Å². The van der Waals surface area contributed by atoms with Gasteiger partial charge in [-0.2, -0.15) is 0 Å². The summed E-state index contributed by atoms with van der Waals surface area (Å²) in [5.41, 5.74) is 1.46. The van der Waals surface area contributed by atoms with Crippen LogP contribution in [0.15, 0.2) is 0 Å². The van der Waals surface area contributed by atoms with Gasteiger partial charge in [0.1, 0.15) is 5.69 Å². The SMILES string of the molecule is CCOC(=O)c1[nH]c(C)c(C(=O)O[C@@H](C)C(=O)N[C@@H]2CCC[C@H](C)[C@@H]2C)c1C. The summed E-state index contributed by atoms with van der Waals surface area (Å²) in [6.45, 7) is 11.2. The van der Waals surface area contributed by atoms with Crippen molar-refractivity contribution in [2.75, 3.05) is 6.61 Å². The summed E-state index contributed by atoms with van der Waals surface area (Å²) in [6, 6.07) is 0.101. The fourth-order valence-electron chi connectivity index (χ4n) is 3.82. The summed E-state index contributed by atoms with van der Waals surface area (Å²) in [6.07, 6.45) is 2.28. The molecule has 0 aliphatic heterocycles. The first-order valence-corrected chi connectivity index (χ1v) is 10.0. The number of carbonyl (C=O) groups excluding carboxylic acids is 3. The smallest absolute Gasteiger partial charge is 0.355 e. The zero-order valence-electron chi connectivity index (χ0n) is 17.7. The summed E-state index contributed by atoms with van der Waals surface area (Å²) in [5.74, 6) is -0.496. The summed E-state index contributed by atoms with van der Waals surface area (Å²) in [4.78, 5) is 40.0. The van der Waals surface area contributed by atoms with Gasteiger partial charge < -0.3 is 19.8 Å². The average Bonchev–Trinajstić information content (AvgIpc) is 2.93. The van der Waals surface area contributed by atoms with E-state index in [1.165, 1.54) is 6.42 Å². The van der Waals surface area contributed by atoms with Crippen LogP contribution in [0, 0.1) is 25.7 Å². The molecule has 1 fully saturated rings. The van der Waals surface area contributed by atoms with E-state index < -0.39 is 18.0 Å². The number of aryl methyl sites for hydroxylation is 1. The van der Waals surface area contributed by atoms with Crippen LogP contribution in [0.5, 0.6) is 0 Å². The molecule has 1 aliphatic carbocycles. The van der Waals surface area contributed by atoms with Crippen LogP contribution in [0.2, 0.25) is 0 Å². The summed E-state index contributed by atoms with van der Waals surface area (Å²) in [7, 11) is 0. The van der Waals surface area contributed by atoms with Crippen molar-refractivity contribution in [2.45, 2.75) is 73.0 Å². The van der Waals surface area contributed by atoms with Crippen molar-refractivity contribution >= 4 is 17.8 Å². The monoisotopic (exact) mass is 392 g/mol. The Morgan fingerprint density at radius 3 is 2.50 bits per heavy atom. The summed E-state index contributed by atoms with van der Waals surface area (Å²) >= 11 is 0. The highest BCUT2D eigenvalue weighted by Gasteiger charge is 2.31. The number of esters is 2. The fraction of sp³-hybridized carbons (Fsp3) is 0.667. The Morgan fingerprint density at radius 1 is 1.18 bits per heavy atom. The van der Waals surface area contributed by atoms with E-state index in [0.29, 0.717) is 23.1 Å². The molecular formula is C21H32N2O5. The van der Waals surface area contributed by atoms with Crippen LogP contribution < -0.4 is 5.32 Å². The normalized spacial score (nSPS) is 23.0. The molecule has 28 heavy (non-hydrogen) atoms. The van der Waals surface area contributed by atoms with Crippen molar-refractivity contribution < 1.29 is 23.9 Å². The average molecular weight is 392 g/mol. The highest BCUT2D eigenvalue weighted by molar-refractivity contribution is 5.99. The molecule has 4 atom stereocenters. The Bertz CT molecular complexity index is 739. The van der Waals surface area contributed by atoms with Crippen LogP contribution in [0.4, 0.5) is 0 Å². The number of hydrogen-bond acceptors (Lipinski definition) is 5. The van der Waals surface area contributed by atoms with E-state index in [-0.39, 0.29) is 29.8 Å². The van der Waals surface area contributed by atoms with Gasteiger partial charge in [0.15, 0.2) is 6.10 Å². The number of ether oxygens (including phenoxy) is 2. The molecule has 0 unspecified atom stereocenters. The van der Waals surface area contributed by atoms with E-state index >= 15 is 0 Å². The maximum atomic E-state index is 12.6. The van der Waals surface area contributed by atoms with E-state index in [1.807, 2.05) is 0 Å². The quantitative estimate of drug-likeness (QED) is 0.724. The predicted octanol–water partition coefficient (Wildman–Crippen LogP) is 3.29. The van der Waals surface area contributed by atoms with Gasteiger partial charge in [-0.3, -0.25) is 4.79 Å². The van der Waals surface area contributed by atoms with Gasteiger partial charge in [-0.05, 0) is 51.5 Å². The van der Waals surface area contributed by atoms with Crippen molar-refractivity contribution in [1.82, 2.24) is 10.3 Å². The first-order valence-electron chi connectivity index (χ1n) is 10.0. The van der Waals surface area contributed by atoms with Crippen LogP contribution in [-0.4, -0.2) is 41.6 Å². The highest BCUT2D eigenvalue weighted by atomic mass is 16.5. The minimum atomic E-state index is -0.920. The number of nitrogens with one attached hydrogen (secondary N) is 2. The molecule has 1 aliphatic rings. The molecule has 0 bridgehead atoms. The van der Waals surface area contributed by atoms with Gasteiger partial charge in [-0.25, -0.2) is 9.59 Å². The predicted molar refractivity (Wildman–Crippen MR) is 105 cm³/mol. The fourth-order valence-corrected chi connectivity index (χ4v) is 3.82. The maximum Gasteiger partial charge on any atom is 0.355 e. The van der Waals surface area contributed by atoms with Crippen molar-refractivity contribution in [3.05, 3.63) is 22.5 Å². The van der Waals surface area contributed by atoms with Gasteiger partial charge in [0, 0.05) is 11.7 Å². The molecular weight excluding hydrogens is 360 g/mol. The molecule has 1 aromatic heterocycles. The van der Waals surface area contributed by atoms with Crippen molar-refractivity contribution in [3.8, 4) is 0 Å². The number of hydrogen-bond donors (Lipinski definition) is 2. The zero-order valence-corrected chi connectivity index (χ0v) is 17.7. The second-order valence-electron chi connectivity index (χ2n) is 7.78. The minimum Gasteiger partial charge on any atom is -0.461 e. The molecule has 1 amide bonds. The molecule has 0 spiro atoms. The van der Waals surface area contributed by atoms with E-state index in [4.69, 9.17) is 9.47 Å². The second kappa shape index (κ2) is 9.26. The molecule has 0 saturated heterocycles. The van der Waals surface area contributed by atoms with Crippen molar-refractivity contribution in [1.29, 1.82) is 0 Å². The Morgan fingerprint density at radius 2 is 1.86 bits per heavy atom. The van der Waals surface area contributed by atoms with E-state index in [1.54, 1.807) is 27.7 Å². The topological polar surface area (TPSA) is 97.5 Å². The van der Waals surface area contributed by atoms with Gasteiger partial charge >= 0.3 is 11.9 Å². The Hall–Kier alpha value is -2.31. The number of aromatic nitrogens is 1. The number of amides is 1. The lowest BCUT2D eigenvalue weighted by Crippen LogP contribution is -2.47. The highest BCUT2D eigenvalue weighted by Crippen LogP contribution is 2.29. The Balaban J connectivity index is 2.04.